The molecule has 33 heavy (non-hydrogen) atoms. The lowest BCUT2D eigenvalue weighted by atomic mass is 10.2. The van der Waals surface area contributed by atoms with Crippen LogP contribution in [0.2, 0.25) is 0 Å². The van der Waals surface area contributed by atoms with Crippen LogP contribution in [0, 0.1) is 0 Å². The standard InChI is InChI=1S/C22H45NO10/c1-22(2,3)33-21(24)23-5-6-26-9-10-28-13-14-30-17-18-32-20-19-31-16-15-29-12-11-27-8-7-25-4/h5-20H2,1-4H3,(H,23,24). The van der Waals surface area contributed by atoms with Crippen molar-refractivity contribution in [1.82, 2.24) is 5.32 Å². The summed E-state index contributed by atoms with van der Waals surface area (Å²) in [5.74, 6) is 0. The van der Waals surface area contributed by atoms with Crippen LogP contribution in [-0.2, 0) is 42.6 Å². The van der Waals surface area contributed by atoms with Crippen LogP contribution >= 0.6 is 0 Å². The molecule has 0 aliphatic heterocycles. The van der Waals surface area contributed by atoms with Crippen molar-refractivity contribution in [3.05, 3.63) is 0 Å². The Balaban J connectivity index is 3.10. The Hall–Kier alpha value is -1.05. The lowest BCUT2D eigenvalue weighted by Crippen LogP contribution is -2.34. The molecule has 0 heterocycles. The highest BCUT2D eigenvalue weighted by Gasteiger charge is 2.15. The van der Waals surface area contributed by atoms with Crippen molar-refractivity contribution >= 4 is 6.09 Å². The van der Waals surface area contributed by atoms with E-state index in [0.29, 0.717) is 106 Å². The molecule has 11 nitrogen and oxygen atoms in total. The monoisotopic (exact) mass is 483 g/mol. The molecular formula is C22H45NO10. The maximum absolute atomic E-state index is 11.4. The minimum Gasteiger partial charge on any atom is -0.444 e. The van der Waals surface area contributed by atoms with Gasteiger partial charge >= 0.3 is 6.09 Å². The number of nitrogens with one attached hydrogen (secondary N) is 1. The van der Waals surface area contributed by atoms with E-state index in [2.05, 4.69) is 5.32 Å². The number of carbonyl (C=O) groups excluding carboxylic acids is 1. The molecule has 0 saturated heterocycles. The molecule has 0 unspecified atom stereocenters. The van der Waals surface area contributed by atoms with Crippen molar-refractivity contribution in [3.63, 3.8) is 0 Å². The van der Waals surface area contributed by atoms with Crippen molar-refractivity contribution in [2.75, 3.05) is 113 Å². The molecule has 0 saturated carbocycles. The van der Waals surface area contributed by atoms with Crippen LogP contribution in [0.5, 0.6) is 0 Å². The van der Waals surface area contributed by atoms with Gasteiger partial charge in [-0.05, 0) is 20.8 Å². The minimum atomic E-state index is -0.502. The molecule has 0 bridgehead atoms. The smallest absolute Gasteiger partial charge is 0.407 e. The first-order valence-electron chi connectivity index (χ1n) is 11.5. The SMILES string of the molecule is COCCOCCOCCOCCOCCOCCOCCOCCNC(=O)OC(C)(C)C. The van der Waals surface area contributed by atoms with E-state index in [0.717, 1.165) is 0 Å². The van der Waals surface area contributed by atoms with E-state index in [1.165, 1.54) is 0 Å². The van der Waals surface area contributed by atoms with Crippen molar-refractivity contribution in [2.24, 2.45) is 0 Å². The fourth-order valence-electron chi connectivity index (χ4n) is 2.10. The van der Waals surface area contributed by atoms with Crippen molar-refractivity contribution in [3.8, 4) is 0 Å². The Morgan fingerprint density at radius 3 is 1.15 bits per heavy atom. The number of hydrogen-bond acceptors (Lipinski definition) is 10. The van der Waals surface area contributed by atoms with Crippen LogP contribution in [-0.4, -0.2) is 124 Å². The molecule has 0 rings (SSSR count). The van der Waals surface area contributed by atoms with Gasteiger partial charge in [-0.1, -0.05) is 0 Å². The normalized spacial score (nSPS) is 11.6. The molecule has 1 N–H and O–H groups in total. The number of alkyl carbamates (subject to hydrolysis) is 1. The number of methoxy groups -OCH3 is 1. The number of amides is 1. The zero-order valence-corrected chi connectivity index (χ0v) is 20.9. The maximum atomic E-state index is 11.4. The van der Waals surface area contributed by atoms with Gasteiger partial charge in [0.2, 0.25) is 0 Å². The van der Waals surface area contributed by atoms with Crippen LogP contribution in [0.4, 0.5) is 4.79 Å². The van der Waals surface area contributed by atoms with Crippen molar-refractivity contribution in [1.29, 1.82) is 0 Å². The van der Waals surface area contributed by atoms with Gasteiger partial charge in [-0.3, -0.25) is 0 Å². The van der Waals surface area contributed by atoms with E-state index in [1.807, 2.05) is 20.8 Å². The van der Waals surface area contributed by atoms with Gasteiger partial charge in [-0.2, -0.15) is 0 Å². The van der Waals surface area contributed by atoms with E-state index >= 15 is 0 Å². The predicted molar refractivity (Wildman–Crippen MR) is 122 cm³/mol. The molecule has 1 amide bonds. The van der Waals surface area contributed by atoms with Gasteiger partial charge in [0.1, 0.15) is 5.60 Å². The first-order chi connectivity index (χ1) is 16.0. The second kappa shape index (κ2) is 24.1. The third kappa shape index (κ3) is 28.9. The largest absolute Gasteiger partial charge is 0.444 e. The molecule has 198 valence electrons. The van der Waals surface area contributed by atoms with Crippen LogP contribution in [0.1, 0.15) is 20.8 Å². The molecule has 0 radical (unpaired) electrons. The maximum Gasteiger partial charge on any atom is 0.407 e. The molecule has 0 fully saturated rings. The van der Waals surface area contributed by atoms with Crippen LogP contribution in [0.15, 0.2) is 0 Å². The summed E-state index contributed by atoms with van der Waals surface area (Å²) >= 11 is 0. The Morgan fingerprint density at radius 2 is 0.848 bits per heavy atom. The van der Waals surface area contributed by atoms with E-state index in [-0.39, 0.29) is 0 Å². The average Bonchev–Trinajstić information content (AvgIpc) is 2.75. The summed E-state index contributed by atoms with van der Waals surface area (Å²) in [6.07, 6.45) is -0.447. The summed E-state index contributed by atoms with van der Waals surface area (Å²) in [6.45, 7) is 13.5. The minimum absolute atomic E-state index is 0.391. The Bertz CT molecular complexity index is 420. The first kappa shape index (κ1) is 31.9. The molecule has 0 aromatic carbocycles. The summed E-state index contributed by atoms with van der Waals surface area (Å²) in [5, 5.41) is 2.62. The van der Waals surface area contributed by atoms with E-state index < -0.39 is 11.7 Å². The zero-order chi connectivity index (χ0) is 24.5. The van der Waals surface area contributed by atoms with Crippen molar-refractivity contribution < 1.29 is 47.4 Å². The Morgan fingerprint density at radius 1 is 0.545 bits per heavy atom. The lowest BCUT2D eigenvalue weighted by Gasteiger charge is -2.19. The molecule has 11 heteroatoms. The second-order valence-corrected chi connectivity index (χ2v) is 7.71. The molecule has 0 aromatic rings. The van der Waals surface area contributed by atoms with Gasteiger partial charge in [0, 0.05) is 13.7 Å². The molecule has 0 aromatic heterocycles. The number of rotatable bonds is 24. The lowest BCUT2D eigenvalue weighted by molar-refractivity contribution is -0.0220. The fourth-order valence-corrected chi connectivity index (χ4v) is 2.10. The summed E-state index contributed by atoms with van der Waals surface area (Å²) in [4.78, 5) is 11.4. The van der Waals surface area contributed by atoms with E-state index in [4.69, 9.17) is 42.6 Å². The van der Waals surface area contributed by atoms with Gasteiger partial charge in [0.15, 0.2) is 0 Å². The van der Waals surface area contributed by atoms with Crippen LogP contribution < -0.4 is 5.32 Å². The van der Waals surface area contributed by atoms with Crippen LogP contribution in [0.3, 0.4) is 0 Å². The van der Waals surface area contributed by atoms with E-state index in [1.54, 1.807) is 7.11 Å². The van der Waals surface area contributed by atoms with Crippen molar-refractivity contribution in [2.45, 2.75) is 26.4 Å². The zero-order valence-electron chi connectivity index (χ0n) is 20.9. The number of hydrogen-bond donors (Lipinski definition) is 1. The van der Waals surface area contributed by atoms with Gasteiger partial charge in [-0.25, -0.2) is 4.79 Å². The van der Waals surface area contributed by atoms with Gasteiger partial charge in [0.25, 0.3) is 0 Å². The molecule has 0 aliphatic carbocycles. The Kier molecular flexibility index (Phi) is 23.3. The summed E-state index contributed by atoms with van der Waals surface area (Å²) in [6, 6.07) is 0. The fraction of sp³-hybridized carbons (Fsp3) is 0.955. The second-order valence-electron chi connectivity index (χ2n) is 7.71. The topological polar surface area (TPSA) is 112 Å². The molecule has 0 aliphatic rings. The first-order valence-corrected chi connectivity index (χ1v) is 11.5. The molecular weight excluding hydrogens is 438 g/mol. The highest BCUT2D eigenvalue weighted by Crippen LogP contribution is 2.06. The average molecular weight is 484 g/mol. The number of ether oxygens (including phenoxy) is 9. The highest BCUT2D eigenvalue weighted by molar-refractivity contribution is 5.67. The van der Waals surface area contributed by atoms with Gasteiger partial charge in [0.05, 0.1) is 99.1 Å². The van der Waals surface area contributed by atoms with Crippen LogP contribution in [0.25, 0.3) is 0 Å². The highest BCUT2D eigenvalue weighted by atomic mass is 16.6. The van der Waals surface area contributed by atoms with E-state index in [9.17, 15) is 4.79 Å². The Labute approximate surface area is 198 Å². The summed E-state index contributed by atoms with van der Waals surface area (Å²) < 4.78 is 47.7. The number of carbonyl (C=O) groups is 1. The summed E-state index contributed by atoms with van der Waals surface area (Å²) in [7, 11) is 1.64. The summed E-state index contributed by atoms with van der Waals surface area (Å²) in [5.41, 5.74) is -0.502. The third-order valence-corrected chi connectivity index (χ3v) is 3.58. The third-order valence-electron chi connectivity index (χ3n) is 3.58. The van der Waals surface area contributed by atoms with Gasteiger partial charge < -0.3 is 47.9 Å². The van der Waals surface area contributed by atoms with Gasteiger partial charge in [-0.15, -0.1) is 0 Å². The molecule has 0 atom stereocenters. The molecule has 0 spiro atoms. The predicted octanol–water partition coefficient (Wildman–Crippen LogP) is 1.27. The quantitative estimate of drug-likeness (QED) is 0.201.